The Kier molecular flexibility index (Phi) is 210. The first-order valence-corrected chi connectivity index (χ1v) is 39.4. The van der Waals surface area contributed by atoms with Crippen LogP contribution >= 0.6 is 0 Å². The third kappa shape index (κ3) is 158. The van der Waals surface area contributed by atoms with E-state index in [4.69, 9.17) is 4.74 Å². The van der Waals surface area contributed by atoms with E-state index in [0.717, 1.165) is 35.7 Å². The minimum Gasteiger partial charge on any atom is -0.458 e. The highest BCUT2D eigenvalue weighted by Crippen LogP contribution is 2.01. The van der Waals surface area contributed by atoms with E-state index in [1.807, 2.05) is 261 Å². The number of ether oxygens (including phenoxy) is 2. The molecule has 0 bridgehead atoms. The Morgan fingerprint density at radius 2 is 0.888 bits per heavy atom. The van der Waals surface area contributed by atoms with Crippen molar-refractivity contribution in [1.82, 2.24) is 29.9 Å². The van der Waals surface area contributed by atoms with Gasteiger partial charge in [0.25, 0.3) is 25.6 Å². The van der Waals surface area contributed by atoms with Crippen LogP contribution in [0.5, 0.6) is 0 Å². The number of nitrogens with one attached hydrogen (secondary N) is 4. The van der Waals surface area contributed by atoms with E-state index in [1.165, 1.54) is 85.8 Å². The maximum Gasteiger partial charge on any atom is 0.344 e. The molecule has 0 unspecified atom stereocenters. The third-order valence-corrected chi connectivity index (χ3v) is 8.25. The maximum absolute atomic E-state index is 10.4. The summed E-state index contributed by atoms with van der Waals surface area (Å²) in [5, 5.41) is 8.82. The summed E-state index contributed by atoms with van der Waals surface area (Å²) in [6.45, 7) is 74.1. The average molecular weight is 1460 g/mol. The van der Waals surface area contributed by atoms with E-state index < -0.39 is 30.2 Å². The lowest BCUT2D eigenvalue weighted by molar-refractivity contribution is -0.134. The van der Waals surface area contributed by atoms with Crippen LogP contribution in [0.2, 0.25) is 0 Å². The van der Waals surface area contributed by atoms with E-state index in [0.29, 0.717) is 6.61 Å². The number of sulfonamides is 2. The minimum atomic E-state index is -3.35. The molecule has 98 heavy (non-hydrogen) atoms. The van der Waals surface area contributed by atoms with Crippen LogP contribution in [-0.2, 0) is 48.6 Å². The number of hydrogen-bond donors (Lipinski definition) is 4. The molecule has 0 aromatic carbocycles. The van der Waals surface area contributed by atoms with Gasteiger partial charge < -0.3 is 28.0 Å². The van der Waals surface area contributed by atoms with Crippen molar-refractivity contribution in [2.45, 2.75) is 249 Å². The van der Waals surface area contributed by atoms with Crippen LogP contribution in [0, 0.1) is 0 Å². The number of hydrogen-bond acceptors (Lipinski definition) is 17. The largest absolute Gasteiger partial charge is 0.458 e. The summed E-state index contributed by atoms with van der Waals surface area (Å²) < 4.78 is 84.7. The first-order chi connectivity index (χ1) is 47.6. The van der Waals surface area contributed by atoms with Gasteiger partial charge in [0.05, 0.1) is 35.7 Å². The first kappa shape index (κ1) is 138. The van der Waals surface area contributed by atoms with Crippen molar-refractivity contribution in [1.29, 1.82) is 0 Å². The molecule has 4 aromatic rings. The molecule has 582 valence electrons. The van der Waals surface area contributed by atoms with Crippen LogP contribution in [0.4, 0.5) is 0 Å². The van der Waals surface area contributed by atoms with Gasteiger partial charge in [0.15, 0.2) is 0 Å². The van der Waals surface area contributed by atoms with Gasteiger partial charge in [-0.25, -0.2) is 32.9 Å². The van der Waals surface area contributed by atoms with Crippen LogP contribution in [0.3, 0.4) is 0 Å². The smallest absolute Gasteiger partial charge is 0.344 e. The van der Waals surface area contributed by atoms with E-state index in [-0.39, 0.29) is 28.4 Å². The second-order valence-corrected chi connectivity index (χ2v) is 14.8. The molecule has 4 N–H and O–H groups in total. The molecule has 0 fully saturated rings. The number of esters is 1. The Morgan fingerprint density at radius 3 is 1.04 bits per heavy atom. The number of allylic oxidation sites excluding steroid dienone is 5. The van der Waals surface area contributed by atoms with Gasteiger partial charge in [-0.3, -0.25) is 14.3 Å². The molecule has 0 atom stereocenters. The van der Waals surface area contributed by atoms with Gasteiger partial charge in [-0.1, -0.05) is 274 Å². The predicted octanol–water partition coefficient (Wildman–Crippen LogP) is 19.9. The lowest BCUT2D eigenvalue weighted by Crippen LogP contribution is -2.15. The predicted molar refractivity (Wildman–Crippen MR) is 431 cm³/mol. The lowest BCUT2D eigenvalue weighted by atomic mass is 10.5. The van der Waals surface area contributed by atoms with Gasteiger partial charge in [-0.15, -0.1) is 0 Å². The summed E-state index contributed by atoms with van der Waals surface area (Å²) in [6.07, 6.45) is 25.7. The fourth-order valence-electron chi connectivity index (χ4n) is 2.98. The topological polar surface area (TPSA) is 326 Å². The molecule has 0 amide bonds. The monoisotopic (exact) mass is 1460 g/mol. The summed E-state index contributed by atoms with van der Waals surface area (Å²) in [6, 6.07) is 14.2. The number of pyridine rings is 1. The molecule has 0 saturated heterocycles. The molecule has 22 nitrogen and oxygen atoms in total. The highest BCUT2D eigenvalue weighted by molar-refractivity contribution is 7.93. The molecular formula is C73H147N7O15S3. The van der Waals surface area contributed by atoms with Gasteiger partial charge in [0.2, 0.25) is 5.56 Å². The average Bonchev–Trinajstić information content (AvgIpc) is 1.30. The number of aromatic nitrogens is 5. The van der Waals surface area contributed by atoms with Crippen LogP contribution in [0.15, 0.2) is 197 Å². The van der Waals surface area contributed by atoms with E-state index in [2.05, 4.69) is 47.6 Å². The molecule has 4 aromatic heterocycles. The minimum absolute atomic E-state index is 0.0532. The Bertz CT molecular complexity index is 2440. The maximum atomic E-state index is 10.4. The quantitative estimate of drug-likeness (QED) is 0.0722. The van der Waals surface area contributed by atoms with Crippen molar-refractivity contribution >= 4 is 42.3 Å². The number of cyclic esters (lactones) is 1. The summed E-state index contributed by atoms with van der Waals surface area (Å²) in [5.41, 5.74) is -0.824. The SMILES string of the molecule is C1=CCOC1.CC.CC.CC.CC.CC.CC.CC.CC.CC.CC.CC.CC.CC.CC.CC.CC.CC.CC.O=C1C=CCO1.O=S1(=O)C=CC=CN1.O=S1(=O)C=CC=CO1.O=S1(=O)C=CC=N1.O=c1cccc[nH]1.O=c1cccco1.O=c1cccn[nH]1.O=c1nccc[nH]1. The standard InChI is InChI=1S/C5H5NO.C5H4O2.2C4H4N2O.C4H5NO2S.C4H4O3S.C4H4O2.C4H6O.C3H3NO2S.18C2H6/c7-5-3-1-2-4-6-5;6-5-3-1-2-4-7-5;7-4-5-2-1-3-6-4;7-4-2-1-3-5-6-4;6-8(7)4-2-1-3-5-8;5-8(6)4-2-1-3-7-8;5-4-2-1-3-6-4;1-2-4-5-3-1;5-7(6)3-1-2-4-7;18*1-2/h1-4H,(H,6,7);1-4H;1-3H,(H,5,6,7);1-3H,(H,6,7);1-5H;1-4H;1-2H,3H2;1-2H,3-4H2;1-3H;18*1-2H3. The number of nitrogens with zero attached hydrogens (tertiary/aromatic N) is 3. The molecule has 9 heterocycles. The van der Waals surface area contributed by atoms with E-state index >= 15 is 0 Å². The first-order valence-electron chi connectivity index (χ1n) is 34.9. The van der Waals surface area contributed by atoms with Gasteiger partial charge in [-0.05, 0) is 60.7 Å². The number of H-pyrrole nitrogens is 3. The Balaban J connectivity index is -0.0000000434. The second kappa shape index (κ2) is 149. The molecule has 0 spiro atoms. The lowest BCUT2D eigenvalue weighted by Gasteiger charge is -1.98. The van der Waals surface area contributed by atoms with E-state index in [9.17, 15) is 49.2 Å². The zero-order valence-electron chi connectivity index (χ0n) is 68.1. The molecule has 0 saturated carbocycles. The van der Waals surface area contributed by atoms with Gasteiger partial charge >= 0.3 is 27.4 Å². The molecule has 5 aliphatic heterocycles. The van der Waals surface area contributed by atoms with Crippen LogP contribution < -0.4 is 27.2 Å². The highest BCUT2D eigenvalue weighted by Gasteiger charge is 2.04. The molecule has 9 rings (SSSR count). The Morgan fingerprint density at radius 1 is 0.429 bits per heavy atom. The molecular weight excluding hydrogens is 1310 g/mol. The van der Waals surface area contributed by atoms with Gasteiger partial charge in [0.1, 0.15) is 12.9 Å². The second-order valence-electron chi connectivity index (χ2n) is 10.3. The molecule has 0 aliphatic carbocycles. The highest BCUT2D eigenvalue weighted by atomic mass is 32.2. The molecule has 0 radical (unpaired) electrons. The van der Waals surface area contributed by atoms with Crippen molar-refractivity contribution in [2.24, 2.45) is 4.40 Å². The molecule has 25 heteroatoms. The number of carbonyl (C=O) groups is 1. The zero-order valence-corrected chi connectivity index (χ0v) is 70.5. The van der Waals surface area contributed by atoms with Crippen molar-refractivity contribution in [3.8, 4) is 0 Å². The third-order valence-electron chi connectivity index (χ3n) is 5.49. The number of carbonyl (C=O) groups excluding carboxylic acids is 1. The van der Waals surface area contributed by atoms with Gasteiger partial charge in [-0.2, -0.15) is 26.3 Å². The number of rotatable bonds is 0. The summed E-state index contributed by atoms with van der Waals surface area (Å²) >= 11 is 0. The summed E-state index contributed by atoms with van der Waals surface area (Å²) in [5.74, 6) is -0.227. The van der Waals surface area contributed by atoms with E-state index in [1.54, 1.807) is 54.7 Å². The van der Waals surface area contributed by atoms with Gasteiger partial charge in [0, 0.05) is 61.5 Å². The van der Waals surface area contributed by atoms with Crippen molar-refractivity contribution < 1.29 is 48.1 Å². The van der Waals surface area contributed by atoms with Crippen LogP contribution in [0.1, 0.15) is 249 Å². The fourth-order valence-corrected chi connectivity index (χ4v) is 4.77. The van der Waals surface area contributed by atoms with Crippen molar-refractivity contribution in [3.05, 3.63) is 211 Å². The van der Waals surface area contributed by atoms with Crippen LogP contribution in [0.25, 0.3) is 0 Å². The normalized spacial score (nSPS) is 11.1. The Labute approximate surface area is 601 Å². The molecule has 5 aliphatic rings. The summed E-state index contributed by atoms with van der Waals surface area (Å²) in [7, 11) is -9.61. The zero-order chi connectivity index (χ0) is 81.8. The van der Waals surface area contributed by atoms with Crippen molar-refractivity contribution in [3.63, 3.8) is 0 Å². The van der Waals surface area contributed by atoms with Crippen LogP contribution in [-0.4, -0.2) is 82.4 Å². The summed E-state index contributed by atoms with van der Waals surface area (Å²) in [4.78, 5) is 58.7. The number of aromatic amines is 3. The Hall–Kier alpha value is -7.61. The fraction of sp³-hybridized carbons (Fsp3) is 0.534. The van der Waals surface area contributed by atoms with Crippen molar-refractivity contribution in [2.75, 3.05) is 19.8 Å².